The quantitative estimate of drug-likeness (QED) is 0.887. The smallest absolute Gasteiger partial charge is 0.224 e. The fraction of sp³-hybridized carbons (Fsp3) is 0.750. The van der Waals surface area contributed by atoms with Crippen LogP contribution in [0.5, 0.6) is 0 Å². The van der Waals surface area contributed by atoms with E-state index in [-0.39, 0.29) is 0 Å². The normalized spacial score (nSPS) is 38.0. The van der Waals surface area contributed by atoms with Gasteiger partial charge in [0.15, 0.2) is 0 Å². The molecular weight excluding hydrogens is 248 g/mol. The first-order valence-electron chi connectivity index (χ1n) is 7.95. The molecule has 4 heteroatoms. The molecule has 0 unspecified atom stereocenters. The lowest BCUT2D eigenvalue weighted by Gasteiger charge is -2.57. The molecule has 2 N–H and O–H groups in total. The Morgan fingerprint density at radius 2 is 1.70 bits per heavy atom. The molecule has 0 spiro atoms. The van der Waals surface area contributed by atoms with Gasteiger partial charge in [-0.3, -0.25) is 0 Å². The molecule has 0 aromatic carbocycles. The molecule has 4 aliphatic carbocycles. The number of rotatable bonds is 3. The molecule has 0 amide bonds. The molecule has 0 aliphatic heterocycles. The van der Waals surface area contributed by atoms with E-state index in [1.54, 1.807) is 0 Å². The van der Waals surface area contributed by atoms with Crippen molar-refractivity contribution in [2.45, 2.75) is 51.0 Å². The number of nitrogens with zero attached hydrogens (tertiary/aromatic N) is 2. The molecule has 4 saturated carbocycles. The first-order valence-corrected chi connectivity index (χ1v) is 7.95. The van der Waals surface area contributed by atoms with Crippen LogP contribution in [-0.2, 0) is 0 Å². The minimum Gasteiger partial charge on any atom is -0.364 e. The fourth-order valence-corrected chi connectivity index (χ4v) is 5.20. The Labute approximate surface area is 120 Å². The van der Waals surface area contributed by atoms with Gasteiger partial charge in [0.1, 0.15) is 5.82 Å². The van der Waals surface area contributed by atoms with Gasteiger partial charge in [0.05, 0.1) is 0 Å². The van der Waals surface area contributed by atoms with E-state index in [1.165, 1.54) is 38.5 Å². The molecule has 1 aromatic rings. The Bertz CT molecular complexity index is 490. The van der Waals surface area contributed by atoms with Crippen molar-refractivity contribution >= 4 is 11.8 Å². The molecule has 0 atom stereocenters. The number of hydrogen-bond acceptors (Lipinski definition) is 4. The number of anilines is 2. The number of hydrogen-bond donors (Lipinski definition) is 2. The molecule has 0 saturated heterocycles. The largest absolute Gasteiger partial charge is 0.364 e. The van der Waals surface area contributed by atoms with Crippen LogP contribution in [0.15, 0.2) is 6.20 Å². The van der Waals surface area contributed by atoms with E-state index in [0.717, 1.165) is 29.1 Å². The molecule has 20 heavy (non-hydrogen) atoms. The Kier molecular flexibility index (Phi) is 2.69. The van der Waals surface area contributed by atoms with E-state index in [1.807, 2.05) is 13.2 Å². The second kappa shape index (κ2) is 4.34. The van der Waals surface area contributed by atoms with E-state index >= 15 is 0 Å². The molecule has 108 valence electrons. The summed E-state index contributed by atoms with van der Waals surface area (Å²) in [6.07, 6.45) is 10.4. The monoisotopic (exact) mass is 272 g/mol. The van der Waals surface area contributed by atoms with Gasteiger partial charge >= 0.3 is 0 Å². The van der Waals surface area contributed by atoms with Gasteiger partial charge in [0.2, 0.25) is 5.95 Å². The predicted molar refractivity (Wildman–Crippen MR) is 80.8 cm³/mol. The van der Waals surface area contributed by atoms with E-state index in [0.29, 0.717) is 11.5 Å². The van der Waals surface area contributed by atoms with E-state index in [9.17, 15) is 0 Å². The van der Waals surface area contributed by atoms with Crippen LogP contribution >= 0.6 is 0 Å². The zero-order valence-corrected chi connectivity index (χ0v) is 12.4. The topological polar surface area (TPSA) is 49.8 Å². The molecule has 5 rings (SSSR count). The van der Waals surface area contributed by atoms with Crippen LogP contribution in [0.3, 0.4) is 0 Å². The van der Waals surface area contributed by atoms with Crippen molar-refractivity contribution in [3.8, 4) is 0 Å². The summed E-state index contributed by atoms with van der Waals surface area (Å²) in [5, 5.41) is 6.88. The van der Waals surface area contributed by atoms with Crippen LogP contribution in [0.1, 0.15) is 44.1 Å². The predicted octanol–water partition coefficient (Wildman–Crippen LogP) is 3.21. The lowest BCUT2D eigenvalue weighted by atomic mass is 9.53. The SMILES string of the molecule is CNc1ncc(C)c(NC23CC4CC(CC(C4)C2)C3)n1. The summed E-state index contributed by atoms with van der Waals surface area (Å²) in [7, 11) is 1.87. The summed E-state index contributed by atoms with van der Waals surface area (Å²) in [5.74, 6) is 4.62. The minimum atomic E-state index is 0.318. The molecule has 4 bridgehead atoms. The average Bonchev–Trinajstić information content (AvgIpc) is 2.39. The van der Waals surface area contributed by atoms with Gasteiger partial charge in [-0.25, -0.2) is 4.98 Å². The van der Waals surface area contributed by atoms with Crippen LogP contribution in [0.2, 0.25) is 0 Å². The van der Waals surface area contributed by atoms with Crippen molar-refractivity contribution in [3.05, 3.63) is 11.8 Å². The third kappa shape index (κ3) is 1.97. The van der Waals surface area contributed by atoms with Crippen LogP contribution in [0, 0.1) is 24.7 Å². The molecule has 0 radical (unpaired) electrons. The van der Waals surface area contributed by atoms with Gasteiger partial charge in [-0.2, -0.15) is 4.98 Å². The van der Waals surface area contributed by atoms with Crippen molar-refractivity contribution in [1.82, 2.24) is 9.97 Å². The van der Waals surface area contributed by atoms with Crippen LogP contribution in [0.4, 0.5) is 11.8 Å². The second-order valence-corrected chi connectivity index (χ2v) is 7.30. The first-order chi connectivity index (χ1) is 9.66. The van der Waals surface area contributed by atoms with E-state index < -0.39 is 0 Å². The van der Waals surface area contributed by atoms with Gasteiger partial charge in [0, 0.05) is 24.3 Å². The van der Waals surface area contributed by atoms with Gasteiger partial charge in [-0.1, -0.05) is 0 Å². The summed E-state index contributed by atoms with van der Waals surface area (Å²) in [4.78, 5) is 8.92. The number of nitrogens with one attached hydrogen (secondary N) is 2. The Balaban J connectivity index is 1.62. The highest BCUT2D eigenvalue weighted by molar-refractivity contribution is 5.48. The highest BCUT2D eigenvalue weighted by Gasteiger charge is 2.51. The molecule has 4 fully saturated rings. The maximum Gasteiger partial charge on any atom is 0.224 e. The maximum absolute atomic E-state index is 4.63. The minimum absolute atomic E-state index is 0.318. The van der Waals surface area contributed by atoms with E-state index in [4.69, 9.17) is 0 Å². The van der Waals surface area contributed by atoms with Crippen LogP contribution in [0.25, 0.3) is 0 Å². The lowest BCUT2D eigenvalue weighted by Crippen LogP contribution is -2.55. The molecule has 1 aromatic heterocycles. The van der Waals surface area contributed by atoms with Gasteiger partial charge in [-0.05, 0) is 63.2 Å². The third-order valence-corrected chi connectivity index (χ3v) is 5.62. The van der Waals surface area contributed by atoms with Crippen molar-refractivity contribution in [1.29, 1.82) is 0 Å². The lowest BCUT2D eigenvalue weighted by molar-refractivity contribution is 0.0105. The van der Waals surface area contributed by atoms with E-state index in [2.05, 4.69) is 27.5 Å². The standard InChI is InChI=1S/C16H24N4/c1-10-9-18-15(17-2)19-14(10)20-16-6-11-3-12(7-16)5-13(4-11)8-16/h9,11-13H,3-8H2,1-2H3,(H2,17,18,19,20). The summed E-state index contributed by atoms with van der Waals surface area (Å²) >= 11 is 0. The van der Waals surface area contributed by atoms with Gasteiger partial charge in [0.25, 0.3) is 0 Å². The Morgan fingerprint density at radius 1 is 1.10 bits per heavy atom. The van der Waals surface area contributed by atoms with Crippen molar-refractivity contribution < 1.29 is 0 Å². The Morgan fingerprint density at radius 3 is 2.25 bits per heavy atom. The molecular formula is C16H24N4. The highest BCUT2D eigenvalue weighted by atomic mass is 15.2. The molecule has 1 heterocycles. The summed E-state index contributed by atoms with van der Waals surface area (Å²) < 4.78 is 0. The number of aromatic nitrogens is 2. The van der Waals surface area contributed by atoms with Crippen molar-refractivity contribution in [3.63, 3.8) is 0 Å². The second-order valence-electron chi connectivity index (χ2n) is 7.30. The summed E-state index contributed by atoms with van der Waals surface area (Å²) in [5.41, 5.74) is 1.47. The number of aryl methyl sites for hydroxylation is 1. The van der Waals surface area contributed by atoms with Gasteiger partial charge < -0.3 is 10.6 Å². The highest BCUT2D eigenvalue weighted by Crippen LogP contribution is 2.56. The third-order valence-electron chi connectivity index (χ3n) is 5.62. The van der Waals surface area contributed by atoms with Gasteiger partial charge in [-0.15, -0.1) is 0 Å². The molecule has 4 nitrogen and oxygen atoms in total. The zero-order chi connectivity index (χ0) is 13.7. The average molecular weight is 272 g/mol. The van der Waals surface area contributed by atoms with Crippen molar-refractivity contribution in [2.75, 3.05) is 17.7 Å². The fourth-order valence-electron chi connectivity index (χ4n) is 5.20. The van der Waals surface area contributed by atoms with Crippen LogP contribution in [-0.4, -0.2) is 22.6 Å². The molecule has 4 aliphatic rings. The van der Waals surface area contributed by atoms with Crippen molar-refractivity contribution in [2.24, 2.45) is 17.8 Å². The summed E-state index contributed by atoms with van der Waals surface area (Å²) in [6, 6.07) is 0. The first kappa shape index (κ1) is 12.4. The maximum atomic E-state index is 4.63. The summed E-state index contributed by atoms with van der Waals surface area (Å²) in [6.45, 7) is 2.10. The Hall–Kier alpha value is -1.32. The van der Waals surface area contributed by atoms with Crippen LogP contribution < -0.4 is 10.6 Å². The zero-order valence-electron chi connectivity index (χ0n) is 12.4.